The molecule has 0 aliphatic heterocycles. The van der Waals surface area contributed by atoms with Crippen molar-refractivity contribution in [2.75, 3.05) is 5.32 Å². The highest BCUT2D eigenvalue weighted by atomic mass is 19.4. The van der Waals surface area contributed by atoms with Crippen LogP contribution in [0.2, 0.25) is 0 Å². The van der Waals surface area contributed by atoms with Gasteiger partial charge in [-0.25, -0.2) is 4.79 Å². The van der Waals surface area contributed by atoms with E-state index in [1.165, 1.54) is 19.3 Å². The van der Waals surface area contributed by atoms with Crippen molar-refractivity contribution in [2.24, 2.45) is 0 Å². The number of pyridine rings is 2. The highest BCUT2D eigenvalue weighted by Gasteiger charge is 2.33. The molecule has 0 fully saturated rings. The van der Waals surface area contributed by atoms with Gasteiger partial charge >= 0.3 is 11.9 Å². The summed E-state index contributed by atoms with van der Waals surface area (Å²) in [5.41, 5.74) is -0.437. The van der Waals surface area contributed by atoms with E-state index in [-0.39, 0.29) is 39.4 Å². The van der Waals surface area contributed by atoms with Gasteiger partial charge < -0.3 is 9.73 Å². The van der Waals surface area contributed by atoms with Gasteiger partial charge in [-0.05, 0) is 50.2 Å². The Labute approximate surface area is 206 Å². The lowest BCUT2D eigenvalue weighted by molar-refractivity contribution is -0.137. The number of H-pyrrole nitrogens is 1. The lowest BCUT2D eigenvalue weighted by Gasteiger charge is -2.20. The Kier molecular flexibility index (Phi) is 5.86. The molecule has 0 unspecified atom stereocenters. The van der Waals surface area contributed by atoms with Gasteiger partial charge in [0.1, 0.15) is 17.0 Å². The first kappa shape index (κ1) is 24.0. The third kappa shape index (κ3) is 4.48. The Morgan fingerprint density at radius 2 is 1.84 bits per heavy atom. The molecule has 5 aromatic rings. The van der Waals surface area contributed by atoms with Crippen LogP contribution in [0.15, 0.2) is 73.4 Å². The Bertz CT molecular complexity index is 1720. The largest absolute Gasteiger partial charge is 0.454 e. The average molecular weight is 509 g/mol. The van der Waals surface area contributed by atoms with E-state index in [9.17, 15) is 22.8 Å². The molecule has 2 N–H and O–H groups in total. The Balaban J connectivity index is 1.70. The zero-order valence-electron chi connectivity index (χ0n) is 19.4. The van der Waals surface area contributed by atoms with Crippen LogP contribution >= 0.6 is 0 Å². The predicted octanol–water partition coefficient (Wildman–Crippen LogP) is 5.09. The number of nitrogens with one attached hydrogen (secondary N) is 2. The van der Waals surface area contributed by atoms with E-state index in [4.69, 9.17) is 4.42 Å². The van der Waals surface area contributed by atoms with E-state index in [1.807, 2.05) is 0 Å². The second-order valence-corrected chi connectivity index (χ2v) is 8.25. The molecule has 37 heavy (non-hydrogen) atoms. The van der Waals surface area contributed by atoms with Crippen molar-refractivity contribution in [2.45, 2.75) is 26.1 Å². The number of halogens is 3. The van der Waals surface area contributed by atoms with Crippen molar-refractivity contribution >= 4 is 16.7 Å². The molecule has 0 radical (unpaired) electrons. The minimum Gasteiger partial charge on any atom is -0.454 e. The van der Waals surface area contributed by atoms with Crippen LogP contribution in [0.3, 0.4) is 0 Å². The minimum atomic E-state index is -4.71. The molecule has 0 aliphatic rings. The van der Waals surface area contributed by atoms with Crippen molar-refractivity contribution < 1.29 is 22.1 Å². The number of alkyl halides is 3. The van der Waals surface area contributed by atoms with Crippen LogP contribution < -0.4 is 16.5 Å². The van der Waals surface area contributed by atoms with Crippen LogP contribution in [-0.4, -0.2) is 20.1 Å². The number of aromatic nitrogens is 4. The van der Waals surface area contributed by atoms with Gasteiger partial charge in [-0.3, -0.25) is 24.3 Å². The number of aromatic amines is 1. The van der Waals surface area contributed by atoms with Crippen molar-refractivity contribution in [3.05, 3.63) is 92.3 Å². The summed E-state index contributed by atoms with van der Waals surface area (Å²) < 4.78 is 52.1. The van der Waals surface area contributed by atoms with Gasteiger partial charge in [0.2, 0.25) is 5.82 Å². The minimum absolute atomic E-state index is 0.00969. The van der Waals surface area contributed by atoms with Gasteiger partial charge in [0.15, 0.2) is 11.2 Å². The molecular formula is C25H18F3N5O4. The standard InChI is InChI=1S/C25H18F3N5O4/c1-12-20(34)16-11-14(25(26,27)28)10-15(22(16)36-21(12)18-6-3-4-8-29-18)13(2)31-17-7-5-9-30-19(17)23-32-24(35)37-33-23/h3-11,13,31H,1-2H3,(H,32,33,35)/t13-/m1/s1. The summed E-state index contributed by atoms with van der Waals surface area (Å²) in [5, 5.41) is 6.51. The van der Waals surface area contributed by atoms with Crippen molar-refractivity contribution in [1.29, 1.82) is 0 Å². The number of rotatable bonds is 5. The molecule has 0 saturated heterocycles. The molecule has 12 heteroatoms. The topological polar surface area (TPSA) is 127 Å². The fourth-order valence-electron chi connectivity index (χ4n) is 4.00. The Hall–Kier alpha value is -4.74. The summed E-state index contributed by atoms with van der Waals surface area (Å²) in [7, 11) is 0. The maximum atomic E-state index is 13.8. The van der Waals surface area contributed by atoms with Gasteiger partial charge in [0.25, 0.3) is 0 Å². The molecule has 5 rings (SSSR count). The Morgan fingerprint density at radius 1 is 1.05 bits per heavy atom. The highest BCUT2D eigenvalue weighted by molar-refractivity contribution is 5.84. The van der Waals surface area contributed by atoms with E-state index < -0.39 is 29.0 Å². The maximum absolute atomic E-state index is 13.8. The zero-order valence-corrected chi connectivity index (χ0v) is 19.4. The molecule has 0 bridgehead atoms. The molecule has 0 saturated carbocycles. The van der Waals surface area contributed by atoms with E-state index >= 15 is 0 Å². The summed E-state index contributed by atoms with van der Waals surface area (Å²) in [6.45, 7) is 3.09. The van der Waals surface area contributed by atoms with Crippen molar-refractivity contribution in [1.82, 2.24) is 20.1 Å². The molecule has 0 aliphatic carbocycles. The lowest BCUT2D eigenvalue weighted by atomic mass is 9.98. The zero-order chi connectivity index (χ0) is 26.3. The lowest BCUT2D eigenvalue weighted by Crippen LogP contribution is -2.15. The van der Waals surface area contributed by atoms with Gasteiger partial charge in [-0.2, -0.15) is 13.2 Å². The molecule has 4 heterocycles. The van der Waals surface area contributed by atoms with Gasteiger partial charge in [-0.1, -0.05) is 11.2 Å². The van der Waals surface area contributed by atoms with Crippen LogP contribution in [0.4, 0.5) is 18.9 Å². The first-order valence-electron chi connectivity index (χ1n) is 11.0. The van der Waals surface area contributed by atoms with Crippen LogP contribution in [0.25, 0.3) is 33.9 Å². The van der Waals surface area contributed by atoms with Crippen LogP contribution in [0.1, 0.15) is 29.7 Å². The molecule has 4 aromatic heterocycles. The molecule has 1 aromatic carbocycles. The van der Waals surface area contributed by atoms with Gasteiger partial charge in [0.05, 0.1) is 22.7 Å². The fraction of sp³-hybridized carbons (Fsp3) is 0.160. The van der Waals surface area contributed by atoms with E-state index in [2.05, 4.69) is 29.9 Å². The second kappa shape index (κ2) is 9.04. The molecule has 1 atom stereocenters. The molecule has 0 spiro atoms. The smallest absolute Gasteiger partial charge is 0.439 e. The van der Waals surface area contributed by atoms with E-state index in [0.29, 0.717) is 11.4 Å². The normalized spacial score (nSPS) is 12.6. The highest BCUT2D eigenvalue weighted by Crippen LogP contribution is 2.37. The van der Waals surface area contributed by atoms with Gasteiger partial charge in [-0.15, -0.1) is 0 Å². The van der Waals surface area contributed by atoms with Crippen LogP contribution in [0, 0.1) is 6.92 Å². The Morgan fingerprint density at radius 3 is 2.51 bits per heavy atom. The number of fused-ring (bicyclic) bond motifs is 1. The second-order valence-electron chi connectivity index (χ2n) is 8.25. The van der Waals surface area contributed by atoms with E-state index in [1.54, 1.807) is 37.3 Å². The predicted molar refractivity (Wildman–Crippen MR) is 128 cm³/mol. The summed E-state index contributed by atoms with van der Waals surface area (Å²) in [6.07, 6.45) is -1.73. The number of hydrogen-bond acceptors (Lipinski definition) is 8. The number of benzene rings is 1. The molecular weight excluding hydrogens is 491 g/mol. The summed E-state index contributed by atoms with van der Waals surface area (Å²) >= 11 is 0. The summed E-state index contributed by atoms with van der Waals surface area (Å²) in [5.74, 6) is -0.593. The monoisotopic (exact) mass is 509 g/mol. The summed E-state index contributed by atoms with van der Waals surface area (Å²) in [4.78, 5) is 35.5. The number of anilines is 1. The first-order chi connectivity index (χ1) is 17.6. The quantitative estimate of drug-likeness (QED) is 0.335. The first-order valence-corrected chi connectivity index (χ1v) is 11.0. The molecule has 188 valence electrons. The maximum Gasteiger partial charge on any atom is 0.439 e. The fourth-order valence-corrected chi connectivity index (χ4v) is 4.00. The number of nitrogens with zero attached hydrogens (tertiary/aromatic N) is 3. The van der Waals surface area contributed by atoms with Crippen molar-refractivity contribution in [3.8, 4) is 23.0 Å². The third-order valence-electron chi connectivity index (χ3n) is 5.78. The summed E-state index contributed by atoms with van der Waals surface area (Å²) in [6, 6.07) is 9.18. The number of hydrogen-bond donors (Lipinski definition) is 2. The van der Waals surface area contributed by atoms with Gasteiger partial charge in [0, 0.05) is 23.5 Å². The van der Waals surface area contributed by atoms with Crippen LogP contribution in [0.5, 0.6) is 0 Å². The SMILES string of the molecule is Cc1c(-c2ccccn2)oc2c([C@@H](C)Nc3cccnc3-c3noc(=O)[nH]3)cc(C(F)(F)F)cc2c1=O. The molecule has 0 amide bonds. The van der Waals surface area contributed by atoms with E-state index in [0.717, 1.165) is 12.1 Å². The van der Waals surface area contributed by atoms with Crippen LogP contribution in [-0.2, 0) is 6.18 Å². The third-order valence-corrected chi connectivity index (χ3v) is 5.78. The average Bonchev–Trinajstić information content (AvgIpc) is 3.31. The van der Waals surface area contributed by atoms with Crippen molar-refractivity contribution in [3.63, 3.8) is 0 Å². The molecule has 9 nitrogen and oxygen atoms in total.